The molecule has 5 heteroatoms. The molecule has 7 aromatic rings. The third-order valence-electron chi connectivity index (χ3n) is 6.10. The zero-order chi connectivity index (χ0) is 25.9. The fraction of sp³-hybridized carbons (Fsp3) is 0.0323. The monoisotopic (exact) mass is 648 g/mol. The van der Waals surface area contributed by atoms with E-state index in [1.165, 1.54) is 6.20 Å². The molecular formula is C31H18N2O2Pt. The maximum atomic E-state index is 7.53. The van der Waals surface area contributed by atoms with E-state index in [4.69, 9.17) is 18.3 Å². The minimum absolute atomic E-state index is 0. The van der Waals surface area contributed by atoms with Crippen molar-refractivity contribution in [1.29, 1.82) is 0 Å². The summed E-state index contributed by atoms with van der Waals surface area (Å²) in [5.41, 5.74) is 3.92. The van der Waals surface area contributed by atoms with E-state index >= 15 is 0 Å². The molecule has 174 valence electrons. The van der Waals surface area contributed by atoms with E-state index < -0.39 is 6.85 Å². The predicted octanol–water partition coefficient (Wildman–Crippen LogP) is 8.05. The van der Waals surface area contributed by atoms with Crippen molar-refractivity contribution in [2.75, 3.05) is 0 Å². The summed E-state index contributed by atoms with van der Waals surface area (Å²) in [6.07, 6.45) is 3.23. The Morgan fingerprint density at radius 3 is 2.56 bits per heavy atom. The molecule has 0 spiro atoms. The molecule has 0 radical (unpaired) electrons. The molecule has 0 bridgehead atoms. The van der Waals surface area contributed by atoms with Crippen molar-refractivity contribution in [2.24, 2.45) is 0 Å². The van der Waals surface area contributed by atoms with Crippen LogP contribution >= 0.6 is 0 Å². The number of aromatic nitrogens is 2. The van der Waals surface area contributed by atoms with Crippen LogP contribution in [0, 0.1) is 19.0 Å². The summed E-state index contributed by atoms with van der Waals surface area (Å²) in [6, 6.07) is 31.2. The Balaban J connectivity index is 0.00000277. The Bertz CT molecular complexity index is 2000. The average Bonchev–Trinajstić information content (AvgIpc) is 3.32. The molecule has 0 N–H and O–H groups in total. The second-order valence-corrected chi connectivity index (χ2v) is 8.31. The van der Waals surface area contributed by atoms with Crippen LogP contribution in [-0.2, 0) is 21.1 Å². The summed E-state index contributed by atoms with van der Waals surface area (Å²) in [4.78, 5) is 9.09. The van der Waals surface area contributed by atoms with Crippen LogP contribution in [0.1, 0.15) is 9.68 Å². The standard InChI is InChI=1S/C31H18N2O2.Pt/c1-19-9-14-28(32-17-19)21-5-4-6-22(15-21)34-23-12-10-20-11-13-25-30(26(20)16-23)33-18-27-24-7-2-3-8-29(24)35-31(25)27;/h2-14,17-18H,1H3;/q-2;+2/i1D3;. The van der Waals surface area contributed by atoms with Crippen molar-refractivity contribution < 1.29 is 34.3 Å². The SMILES string of the molecule is [2H]C([2H])([2H])c1ccc(-c2[c-]c(Oc3[c-]c4c(cc3)ccc3c4ncc4c5ccccc5oc43)ccc2)nc1.[Pt+2]. The summed E-state index contributed by atoms with van der Waals surface area (Å²) in [7, 11) is 0. The maximum absolute atomic E-state index is 7.53. The molecule has 3 aromatic heterocycles. The molecule has 0 saturated heterocycles. The minimum Gasteiger partial charge on any atom is -0.497 e. The number of rotatable bonds is 3. The van der Waals surface area contributed by atoms with Gasteiger partial charge in [-0.05, 0) is 29.7 Å². The Hall–Kier alpha value is -4.01. The van der Waals surface area contributed by atoms with Crippen molar-refractivity contribution in [2.45, 2.75) is 6.85 Å². The van der Waals surface area contributed by atoms with Gasteiger partial charge in [0.15, 0.2) is 0 Å². The van der Waals surface area contributed by atoms with Gasteiger partial charge in [-0.3, -0.25) is 0 Å². The molecule has 3 heterocycles. The van der Waals surface area contributed by atoms with Crippen molar-refractivity contribution in [3.63, 3.8) is 0 Å². The second kappa shape index (κ2) is 8.89. The zero-order valence-electron chi connectivity index (χ0n) is 21.7. The second-order valence-electron chi connectivity index (χ2n) is 8.31. The number of aryl methyl sites for hydroxylation is 1. The van der Waals surface area contributed by atoms with E-state index in [1.54, 1.807) is 18.2 Å². The quantitative estimate of drug-likeness (QED) is 0.144. The Kier molecular flexibility index (Phi) is 4.74. The van der Waals surface area contributed by atoms with Crippen LogP contribution in [-0.4, -0.2) is 9.97 Å². The number of furan rings is 1. The fourth-order valence-corrected chi connectivity index (χ4v) is 4.44. The molecule has 0 amide bonds. The van der Waals surface area contributed by atoms with Crippen molar-refractivity contribution >= 4 is 43.6 Å². The number of ether oxygens (including phenoxy) is 1. The smallest absolute Gasteiger partial charge is 0.497 e. The number of hydrogen-bond acceptors (Lipinski definition) is 4. The van der Waals surface area contributed by atoms with E-state index in [1.807, 2.05) is 66.9 Å². The maximum Gasteiger partial charge on any atom is 2.00 e. The Morgan fingerprint density at radius 2 is 1.67 bits per heavy atom. The topological polar surface area (TPSA) is 48.2 Å². The van der Waals surface area contributed by atoms with Crippen LogP contribution in [0.4, 0.5) is 0 Å². The number of fused-ring (bicyclic) bond motifs is 7. The van der Waals surface area contributed by atoms with E-state index in [0.29, 0.717) is 22.8 Å². The van der Waals surface area contributed by atoms with E-state index in [0.717, 1.165) is 43.6 Å². The van der Waals surface area contributed by atoms with Crippen molar-refractivity contribution in [3.05, 3.63) is 109 Å². The number of para-hydroxylation sites is 1. The van der Waals surface area contributed by atoms with Gasteiger partial charge in [0.25, 0.3) is 0 Å². The van der Waals surface area contributed by atoms with E-state index in [9.17, 15) is 0 Å². The molecule has 4 aromatic carbocycles. The summed E-state index contributed by atoms with van der Waals surface area (Å²) < 4.78 is 34.9. The average molecular weight is 649 g/mol. The normalized spacial score (nSPS) is 12.8. The summed E-state index contributed by atoms with van der Waals surface area (Å²) in [6.45, 7) is -2.19. The van der Waals surface area contributed by atoms with Gasteiger partial charge in [-0.1, -0.05) is 54.6 Å². The predicted molar refractivity (Wildman–Crippen MR) is 139 cm³/mol. The van der Waals surface area contributed by atoms with Crippen LogP contribution in [0.5, 0.6) is 11.5 Å². The number of hydrogen-bond donors (Lipinski definition) is 0. The van der Waals surface area contributed by atoms with Gasteiger partial charge < -0.3 is 19.1 Å². The molecule has 0 aliphatic heterocycles. The summed E-state index contributed by atoms with van der Waals surface area (Å²) >= 11 is 0. The molecular weight excluding hydrogens is 627 g/mol. The molecule has 36 heavy (non-hydrogen) atoms. The van der Waals surface area contributed by atoms with Gasteiger partial charge in [0.2, 0.25) is 0 Å². The molecule has 4 nitrogen and oxygen atoms in total. The van der Waals surface area contributed by atoms with Crippen LogP contribution in [0.3, 0.4) is 0 Å². The summed E-state index contributed by atoms with van der Waals surface area (Å²) in [5, 5.41) is 4.76. The first kappa shape index (κ1) is 19.2. The molecule has 7 rings (SSSR count). The fourth-order valence-electron chi connectivity index (χ4n) is 4.44. The molecule has 0 unspecified atom stereocenters. The number of pyridine rings is 2. The van der Waals surface area contributed by atoms with E-state index in [-0.39, 0.29) is 26.6 Å². The third kappa shape index (κ3) is 3.75. The molecule has 0 fully saturated rings. The largest absolute Gasteiger partial charge is 2.00 e. The Labute approximate surface area is 226 Å². The molecule has 0 aliphatic carbocycles. The van der Waals surface area contributed by atoms with Gasteiger partial charge >= 0.3 is 21.1 Å². The van der Waals surface area contributed by atoms with Gasteiger partial charge in [0, 0.05) is 44.2 Å². The first-order valence-corrected chi connectivity index (χ1v) is 11.2. The van der Waals surface area contributed by atoms with E-state index in [2.05, 4.69) is 17.1 Å². The van der Waals surface area contributed by atoms with Crippen LogP contribution in [0.25, 0.3) is 54.9 Å². The van der Waals surface area contributed by atoms with Gasteiger partial charge in [0.05, 0.1) is 0 Å². The Morgan fingerprint density at radius 1 is 0.778 bits per heavy atom. The van der Waals surface area contributed by atoms with Gasteiger partial charge in [-0.2, -0.15) is 0 Å². The first-order chi connectivity index (χ1) is 18.4. The molecule has 0 aliphatic rings. The minimum atomic E-state index is -2.19. The number of benzene rings is 4. The van der Waals surface area contributed by atoms with Crippen molar-refractivity contribution in [3.8, 4) is 22.8 Å². The van der Waals surface area contributed by atoms with Crippen molar-refractivity contribution in [1.82, 2.24) is 9.97 Å². The molecule has 0 atom stereocenters. The number of nitrogens with zero attached hydrogens (tertiary/aromatic N) is 2. The first-order valence-electron chi connectivity index (χ1n) is 12.7. The van der Waals surface area contributed by atoms with Gasteiger partial charge in [-0.25, -0.2) is 0 Å². The van der Waals surface area contributed by atoms with Gasteiger partial charge in [0.1, 0.15) is 11.2 Å². The summed E-state index contributed by atoms with van der Waals surface area (Å²) in [5.74, 6) is 1.02. The van der Waals surface area contributed by atoms with Crippen LogP contribution < -0.4 is 4.74 Å². The third-order valence-corrected chi connectivity index (χ3v) is 6.10. The van der Waals surface area contributed by atoms with Crippen LogP contribution in [0.2, 0.25) is 0 Å². The van der Waals surface area contributed by atoms with Crippen LogP contribution in [0.15, 0.2) is 95.7 Å². The molecule has 0 saturated carbocycles. The van der Waals surface area contributed by atoms with Gasteiger partial charge in [-0.15, -0.1) is 46.7 Å². The zero-order valence-corrected chi connectivity index (χ0v) is 21.0.